The smallest absolute Gasteiger partial charge is 0.408 e. The number of carbonyl (C=O) groups is 3. The van der Waals surface area contributed by atoms with E-state index in [1.807, 2.05) is 31.2 Å². The maximum atomic E-state index is 12.1. The molecule has 0 spiro atoms. The molecule has 0 fully saturated rings. The van der Waals surface area contributed by atoms with E-state index >= 15 is 0 Å². The SMILES string of the molecule is C=C(N=C(NC(=O)CNC(=O)OC(C)(C)C)SC)c1ccc(/C=C\C)c(C(C)=O)c1.CCCC. The highest BCUT2D eigenvalue weighted by Crippen LogP contribution is 2.21. The van der Waals surface area contributed by atoms with Crippen molar-refractivity contribution in [3.8, 4) is 0 Å². The summed E-state index contributed by atoms with van der Waals surface area (Å²) >= 11 is 1.22. The van der Waals surface area contributed by atoms with Gasteiger partial charge in [-0.2, -0.15) is 0 Å². The molecule has 0 aromatic heterocycles. The van der Waals surface area contributed by atoms with Gasteiger partial charge in [0.25, 0.3) is 0 Å². The lowest BCUT2D eigenvalue weighted by Crippen LogP contribution is -2.41. The van der Waals surface area contributed by atoms with Gasteiger partial charge in [0.1, 0.15) is 12.1 Å². The minimum Gasteiger partial charge on any atom is -0.444 e. The van der Waals surface area contributed by atoms with Crippen molar-refractivity contribution in [2.45, 2.75) is 66.9 Å². The zero-order valence-electron chi connectivity index (χ0n) is 21.7. The number of hydrogen-bond acceptors (Lipinski definition) is 6. The van der Waals surface area contributed by atoms with E-state index in [2.05, 4.69) is 36.1 Å². The van der Waals surface area contributed by atoms with E-state index in [1.54, 1.807) is 33.1 Å². The predicted molar refractivity (Wildman–Crippen MR) is 144 cm³/mol. The van der Waals surface area contributed by atoms with Gasteiger partial charge in [0.05, 0.1) is 5.70 Å². The van der Waals surface area contributed by atoms with E-state index in [9.17, 15) is 14.4 Å². The number of hydrogen-bond donors (Lipinski definition) is 2. The van der Waals surface area contributed by atoms with Crippen molar-refractivity contribution in [3.05, 3.63) is 47.5 Å². The van der Waals surface area contributed by atoms with Crippen LogP contribution in [-0.4, -0.2) is 41.4 Å². The van der Waals surface area contributed by atoms with Crippen molar-refractivity contribution < 1.29 is 19.1 Å². The van der Waals surface area contributed by atoms with Crippen molar-refractivity contribution in [1.29, 1.82) is 0 Å². The van der Waals surface area contributed by atoms with Crippen LogP contribution in [0, 0.1) is 0 Å². The molecule has 0 heterocycles. The van der Waals surface area contributed by atoms with Crippen molar-refractivity contribution in [1.82, 2.24) is 10.6 Å². The number of alkyl carbamates (subject to hydrolysis) is 1. The number of thioether (sulfide) groups is 1. The van der Waals surface area contributed by atoms with Gasteiger partial charge in [0, 0.05) is 11.1 Å². The zero-order chi connectivity index (χ0) is 26.3. The number of unbranched alkanes of at least 4 members (excludes halogenated alkanes) is 1. The first-order valence-corrected chi connectivity index (χ1v) is 12.5. The third kappa shape index (κ3) is 13.0. The molecular weight excluding hydrogens is 450 g/mol. The van der Waals surface area contributed by atoms with Crippen LogP contribution in [0.3, 0.4) is 0 Å². The second-order valence-corrected chi connectivity index (χ2v) is 9.12. The summed E-state index contributed by atoms with van der Waals surface area (Å²) in [5, 5.41) is 5.32. The molecule has 0 aliphatic rings. The minimum atomic E-state index is -0.678. The van der Waals surface area contributed by atoms with Crippen LogP contribution in [0.15, 0.2) is 35.8 Å². The number of allylic oxidation sites excluding steroid dienone is 1. The Morgan fingerprint density at radius 2 is 1.79 bits per heavy atom. The summed E-state index contributed by atoms with van der Waals surface area (Å²) in [5.41, 5.74) is 1.80. The van der Waals surface area contributed by atoms with Crippen molar-refractivity contribution >= 4 is 46.5 Å². The zero-order valence-corrected chi connectivity index (χ0v) is 22.5. The Labute approximate surface area is 208 Å². The third-order valence-electron chi connectivity index (χ3n) is 4.08. The van der Waals surface area contributed by atoms with Gasteiger partial charge in [-0.25, -0.2) is 9.79 Å². The Morgan fingerprint density at radius 3 is 2.26 bits per heavy atom. The highest BCUT2D eigenvalue weighted by molar-refractivity contribution is 8.13. The Bertz CT molecular complexity index is 913. The fraction of sp³-hybridized carbons (Fsp3) is 0.462. The predicted octanol–water partition coefficient (Wildman–Crippen LogP) is 6.06. The molecule has 0 bridgehead atoms. The van der Waals surface area contributed by atoms with E-state index < -0.39 is 17.6 Å². The quantitative estimate of drug-likeness (QED) is 0.276. The molecule has 34 heavy (non-hydrogen) atoms. The number of ketones is 1. The molecule has 1 rings (SSSR count). The first-order valence-electron chi connectivity index (χ1n) is 11.2. The number of amides is 2. The van der Waals surface area contributed by atoms with E-state index in [-0.39, 0.29) is 12.3 Å². The average molecular weight is 490 g/mol. The van der Waals surface area contributed by atoms with Crippen LogP contribution in [0.25, 0.3) is 11.8 Å². The molecule has 0 saturated heterocycles. The number of rotatable bonds is 7. The van der Waals surface area contributed by atoms with E-state index in [0.29, 0.717) is 22.0 Å². The topological polar surface area (TPSA) is 96.9 Å². The second kappa shape index (κ2) is 15.9. The van der Waals surface area contributed by atoms with Crippen LogP contribution in [0.2, 0.25) is 0 Å². The Balaban J connectivity index is 0.00000251. The standard InChI is InChI=1S/C22H29N3O4S.C4H10/c1-8-9-16-10-11-17(12-18(16)15(3)26)14(2)24-20(30-7)25-19(27)13-23-21(28)29-22(4,5)6;1-3-4-2/h8-12H,2,13H2,1,3-7H3,(H,23,28)(H,24,25,27);3-4H2,1-2H3/b9-8-;. The molecule has 8 heteroatoms. The molecule has 2 amide bonds. The molecule has 0 atom stereocenters. The fourth-order valence-electron chi connectivity index (χ4n) is 2.31. The first-order chi connectivity index (χ1) is 15.9. The van der Waals surface area contributed by atoms with E-state index in [1.165, 1.54) is 31.5 Å². The summed E-state index contributed by atoms with van der Waals surface area (Å²) in [7, 11) is 0. The number of ether oxygens (including phenoxy) is 1. The number of nitrogens with one attached hydrogen (secondary N) is 2. The van der Waals surface area contributed by atoms with Crippen molar-refractivity contribution in [3.63, 3.8) is 0 Å². The van der Waals surface area contributed by atoms with Crippen LogP contribution < -0.4 is 10.6 Å². The summed E-state index contributed by atoms with van der Waals surface area (Å²) in [4.78, 5) is 40.0. The van der Waals surface area contributed by atoms with Gasteiger partial charge in [-0.05, 0) is 52.5 Å². The third-order valence-corrected chi connectivity index (χ3v) is 4.66. The van der Waals surface area contributed by atoms with E-state index in [0.717, 1.165) is 5.56 Å². The van der Waals surface area contributed by atoms with Gasteiger partial charge in [-0.3, -0.25) is 9.59 Å². The lowest BCUT2D eigenvalue weighted by atomic mass is 9.99. The first kappa shape index (κ1) is 31.1. The highest BCUT2D eigenvalue weighted by Gasteiger charge is 2.17. The number of nitrogens with zero attached hydrogens (tertiary/aromatic N) is 1. The van der Waals surface area contributed by atoms with Gasteiger partial charge < -0.3 is 15.4 Å². The molecular formula is C26H39N3O4S. The van der Waals surface area contributed by atoms with E-state index in [4.69, 9.17) is 4.74 Å². The number of carbonyl (C=O) groups excluding carboxylic acids is 3. The van der Waals surface area contributed by atoms with Gasteiger partial charge in [-0.1, -0.05) is 69.3 Å². The molecule has 0 radical (unpaired) electrons. The highest BCUT2D eigenvalue weighted by atomic mass is 32.2. The molecule has 0 aliphatic carbocycles. The summed E-state index contributed by atoms with van der Waals surface area (Å²) in [6.07, 6.45) is 7.44. The van der Waals surface area contributed by atoms with Gasteiger partial charge in [0.15, 0.2) is 11.0 Å². The molecule has 0 unspecified atom stereocenters. The summed E-state index contributed by atoms with van der Waals surface area (Å²) < 4.78 is 5.09. The molecule has 1 aromatic rings. The summed E-state index contributed by atoms with van der Waals surface area (Å²) in [5.74, 6) is -0.511. The maximum absolute atomic E-state index is 12.1. The average Bonchev–Trinajstić information content (AvgIpc) is 2.76. The Morgan fingerprint density at radius 1 is 1.18 bits per heavy atom. The van der Waals surface area contributed by atoms with Crippen LogP contribution in [0.4, 0.5) is 4.79 Å². The van der Waals surface area contributed by atoms with Crippen LogP contribution in [0.5, 0.6) is 0 Å². The maximum Gasteiger partial charge on any atom is 0.408 e. The van der Waals surface area contributed by atoms with Crippen LogP contribution in [0.1, 0.15) is 82.8 Å². The normalized spacial score (nSPS) is 11.4. The number of aliphatic imine (C=N–C) groups is 1. The molecule has 0 aliphatic heterocycles. The van der Waals surface area contributed by atoms with Gasteiger partial charge >= 0.3 is 6.09 Å². The summed E-state index contributed by atoms with van der Waals surface area (Å²) in [6.45, 7) is 16.6. The largest absolute Gasteiger partial charge is 0.444 e. The monoisotopic (exact) mass is 489 g/mol. The summed E-state index contributed by atoms with van der Waals surface area (Å²) in [6, 6.07) is 5.37. The second-order valence-electron chi connectivity index (χ2n) is 8.33. The Kier molecular flexibility index (Phi) is 14.5. The molecule has 0 saturated carbocycles. The van der Waals surface area contributed by atoms with Crippen molar-refractivity contribution in [2.24, 2.45) is 4.99 Å². The number of Topliss-reactive ketones (excluding diaryl/α,β-unsaturated/α-hetero) is 1. The van der Waals surface area contributed by atoms with Gasteiger partial charge in [0.2, 0.25) is 5.91 Å². The van der Waals surface area contributed by atoms with Crippen LogP contribution in [-0.2, 0) is 9.53 Å². The molecule has 7 nitrogen and oxygen atoms in total. The molecule has 2 N–H and O–H groups in total. The lowest BCUT2D eigenvalue weighted by Gasteiger charge is -2.19. The fourth-order valence-corrected chi connectivity index (χ4v) is 2.72. The molecule has 1 aromatic carbocycles. The Hall–Kier alpha value is -2.87. The van der Waals surface area contributed by atoms with Crippen LogP contribution >= 0.6 is 11.8 Å². The number of amidine groups is 1. The minimum absolute atomic E-state index is 0.0617. The lowest BCUT2D eigenvalue weighted by molar-refractivity contribution is -0.118. The van der Waals surface area contributed by atoms with Gasteiger partial charge in [-0.15, -0.1) is 0 Å². The molecule has 188 valence electrons. The number of benzene rings is 1. The van der Waals surface area contributed by atoms with Crippen molar-refractivity contribution in [2.75, 3.05) is 12.8 Å².